The third-order valence-electron chi connectivity index (χ3n) is 1.91. The van der Waals surface area contributed by atoms with E-state index in [0.717, 1.165) is 22.2 Å². The summed E-state index contributed by atoms with van der Waals surface area (Å²) in [7, 11) is 0. The smallest absolute Gasteiger partial charge is 0.149 e. The van der Waals surface area contributed by atoms with Gasteiger partial charge in [0.05, 0.1) is 0 Å². The van der Waals surface area contributed by atoms with Crippen LogP contribution in [0.1, 0.15) is 12.5 Å². The fourth-order valence-electron chi connectivity index (χ4n) is 1.23. The van der Waals surface area contributed by atoms with Gasteiger partial charge in [0.25, 0.3) is 0 Å². The molecule has 0 fully saturated rings. The van der Waals surface area contributed by atoms with Crippen LogP contribution in [0.4, 0.5) is 0 Å². The zero-order valence-electron chi connectivity index (χ0n) is 8.72. The van der Waals surface area contributed by atoms with E-state index < -0.39 is 0 Å². The second-order valence-corrected chi connectivity index (χ2v) is 3.92. The number of benzene rings is 1. The van der Waals surface area contributed by atoms with Crippen molar-refractivity contribution < 1.29 is 4.74 Å². The molecule has 0 aliphatic rings. The molecule has 3 heteroatoms. The molecule has 0 radical (unpaired) electrons. The molecule has 1 aromatic rings. The number of hydrogen-bond acceptors (Lipinski definition) is 2. The van der Waals surface area contributed by atoms with E-state index in [0.29, 0.717) is 13.2 Å². The van der Waals surface area contributed by atoms with E-state index in [4.69, 9.17) is 10.5 Å². The Morgan fingerprint density at radius 2 is 2.27 bits per heavy atom. The summed E-state index contributed by atoms with van der Waals surface area (Å²) in [5.74, 6) is 6.52. The summed E-state index contributed by atoms with van der Waals surface area (Å²) in [6.07, 6.45) is 0.814. The van der Waals surface area contributed by atoms with Crippen molar-refractivity contribution in [3.05, 3.63) is 28.2 Å². The Kier molecular flexibility index (Phi) is 5.23. The molecular formula is C12H14BrNO. The predicted octanol–water partition coefficient (Wildman–Crippen LogP) is 2.35. The third-order valence-corrected chi connectivity index (χ3v) is 2.41. The van der Waals surface area contributed by atoms with E-state index in [1.165, 1.54) is 0 Å². The van der Waals surface area contributed by atoms with Crippen molar-refractivity contribution in [1.82, 2.24) is 0 Å². The largest absolute Gasteiger partial charge is 0.481 e. The lowest BCUT2D eigenvalue weighted by atomic mass is 10.1. The van der Waals surface area contributed by atoms with Crippen molar-refractivity contribution in [3.63, 3.8) is 0 Å². The van der Waals surface area contributed by atoms with Gasteiger partial charge in [-0.1, -0.05) is 21.9 Å². The van der Waals surface area contributed by atoms with E-state index in [1.54, 1.807) is 6.92 Å². The maximum atomic E-state index is 5.54. The molecule has 0 unspecified atom stereocenters. The van der Waals surface area contributed by atoms with Gasteiger partial charge in [-0.3, -0.25) is 0 Å². The number of hydrogen-bond donors (Lipinski definition) is 1. The molecule has 0 bridgehead atoms. The first-order valence-corrected chi connectivity index (χ1v) is 5.58. The van der Waals surface area contributed by atoms with Crippen molar-refractivity contribution >= 4 is 15.9 Å². The Morgan fingerprint density at radius 3 is 2.93 bits per heavy atom. The van der Waals surface area contributed by atoms with Crippen LogP contribution in [0, 0.1) is 11.8 Å². The summed E-state index contributed by atoms with van der Waals surface area (Å²) >= 11 is 3.42. The van der Waals surface area contributed by atoms with Crippen LogP contribution >= 0.6 is 15.9 Å². The van der Waals surface area contributed by atoms with E-state index >= 15 is 0 Å². The van der Waals surface area contributed by atoms with Crippen LogP contribution < -0.4 is 10.5 Å². The number of halogens is 1. The quantitative estimate of drug-likeness (QED) is 0.851. The van der Waals surface area contributed by atoms with Gasteiger partial charge >= 0.3 is 0 Å². The molecule has 0 aliphatic carbocycles. The van der Waals surface area contributed by atoms with E-state index in [1.807, 2.05) is 18.2 Å². The Bertz CT molecular complexity index is 379. The summed E-state index contributed by atoms with van der Waals surface area (Å²) < 4.78 is 6.58. The molecule has 2 nitrogen and oxygen atoms in total. The second kappa shape index (κ2) is 6.49. The van der Waals surface area contributed by atoms with Crippen molar-refractivity contribution in [1.29, 1.82) is 0 Å². The molecule has 0 aliphatic heterocycles. The number of ether oxygens (including phenoxy) is 1. The van der Waals surface area contributed by atoms with Crippen LogP contribution in [-0.2, 0) is 6.42 Å². The molecule has 0 amide bonds. The summed E-state index contributed by atoms with van der Waals surface area (Å²) in [5, 5.41) is 0. The number of nitrogens with two attached hydrogens (primary N) is 1. The zero-order valence-corrected chi connectivity index (χ0v) is 10.3. The van der Waals surface area contributed by atoms with Gasteiger partial charge < -0.3 is 10.5 Å². The molecular weight excluding hydrogens is 254 g/mol. The van der Waals surface area contributed by atoms with Crippen LogP contribution in [0.3, 0.4) is 0 Å². The lowest BCUT2D eigenvalue weighted by Crippen LogP contribution is -2.05. The average molecular weight is 268 g/mol. The Balaban J connectivity index is 2.78. The van der Waals surface area contributed by atoms with Crippen molar-refractivity contribution in [2.45, 2.75) is 13.3 Å². The van der Waals surface area contributed by atoms with Crippen LogP contribution in [-0.4, -0.2) is 13.2 Å². The van der Waals surface area contributed by atoms with E-state index in [9.17, 15) is 0 Å². The lowest BCUT2D eigenvalue weighted by molar-refractivity contribution is 0.366. The summed E-state index contributed by atoms with van der Waals surface area (Å²) in [5.41, 5.74) is 6.65. The first-order valence-electron chi connectivity index (χ1n) is 4.79. The molecule has 0 heterocycles. The monoisotopic (exact) mass is 267 g/mol. The zero-order chi connectivity index (χ0) is 11.1. The fraction of sp³-hybridized carbons (Fsp3) is 0.333. The van der Waals surface area contributed by atoms with Gasteiger partial charge in [0, 0.05) is 4.47 Å². The van der Waals surface area contributed by atoms with Crippen molar-refractivity contribution in [2.75, 3.05) is 13.2 Å². The molecule has 1 aromatic carbocycles. The van der Waals surface area contributed by atoms with Gasteiger partial charge in [-0.2, -0.15) is 0 Å². The topological polar surface area (TPSA) is 35.2 Å². The maximum Gasteiger partial charge on any atom is 0.149 e. The summed E-state index contributed by atoms with van der Waals surface area (Å²) in [4.78, 5) is 0. The highest BCUT2D eigenvalue weighted by Gasteiger charge is 2.03. The standard InChI is InChI=1S/C12H14BrNO/c1-2-3-8-15-12-5-4-11(13)9-10(12)6-7-14/h4-5,9H,6-8,14H2,1H3. The molecule has 0 atom stereocenters. The van der Waals surface area contributed by atoms with Gasteiger partial charge in [0.15, 0.2) is 0 Å². The summed E-state index contributed by atoms with van der Waals surface area (Å²) in [6.45, 7) is 2.84. The normalized spacial score (nSPS) is 9.27. The van der Waals surface area contributed by atoms with Gasteiger partial charge in [-0.05, 0) is 43.7 Å². The lowest BCUT2D eigenvalue weighted by Gasteiger charge is -2.09. The highest BCUT2D eigenvalue weighted by molar-refractivity contribution is 9.10. The SMILES string of the molecule is CC#CCOc1ccc(Br)cc1CCN. The minimum atomic E-state index is 0.426. The van der Waals surface area contributed by atoms with Crippen LogP contribution in [0.2, 0.25) is 0 Å². The highest BCUT2D eigenvalue weighted by atomic mass is 79.9. The third kappa shape index (κ3) is 3.94. The summed E-state index contributed by atoms with van der Waals surface area (Å²) in [6, 6.07) is 5.92. The van der Waals surface area contributed by atoms with Crippen LogP contribution in [0.15, 0.2) is 22.7 Å². The molecule has 15 heavy (non-hydrogen) atoms. The van der Waals surface area contributed by atoms with Crippen molar-refractivity contribution in [2.24, 2.45) is 5.73 Å². The predicted molar refractivity (Wildman–Crippen MR) is 65.8 cm³/mol. The van der Waals surface area contributed by atoms with Crippen LogP contribution in [0.5, 0.6) is 5.75 Å². The first kappa shape index (κ1) is 12.1. The van der Waals surface area contributed by atoms with Gasteiger partial charge in [0.1, 0.15) is 12.4 Å². The van der Waals surface area contributed by atoms with Crippen molar-refractivity contribution in [3.8, 4) is 17.6 Å². The highest BCUT2D eigenvalue weighted by Crippen LogP contribution is 2.23. The average Bonchev–Trinajstić information content (AvgIpc) is 2.22. The maximum absolute atomic E-state index is 5.54. The van der Waals surface area contributed by atoms with Gasteiger partial charge in [-0.25, -0.2) is 0 Å². The fourth-order valence-corrected chi connectivity index (χ4v) is 1.63. The minimum absolute atomic E-state index is 0.426. The molecule has 1 rings (SSSR count). The minimum Gasteiger partial charge on any atom is -0.481 e. The van der Waals surface area contributed by atoms with Gasteiger partial charge in [0.2, 0.25) is 0 Å². The van der Waals surface area contributed by atoms with Gasteiger partial charge in [-0.15, -0.1) is 5.92 Å². The molecule has 0 spiro atoms. The van der Waals surface area contributed by atoms with Crippen LogP contribution in [0.25, 0.3) is 0 Å². The Labute approximate surface area is 98.9 Å². The van der Waals surface area contributed by atoms with E-state index in [2.05, 4.69) is 27.8 Å². The van der Waals surface area contributed by atoms with E-state index in [-0.39, 0.29) is 0 Å². The molecule has 80 valence electrons. The second-order valence-electron chi connectivity index (χ2n) is 3.01. The Morgan fingerprint density at radius 1 is 1.47 bits per heavy atom. The molecule has 0 saturated heterocycles. The molecule has 0 saturated carbocycles. The first-order chi connectivity index (χ1) is 7.27. The Hall–Kier alpha value is -0.980. The number of rotatable bonds is 4. The molecule has 2 N–H and O–H groups in total. The molecule has 0 aromatic heterocycles.